The van der Waals surface area contributed by atoms with Gasteiger partial charge in [-0.15, -0.1) is 0 Å². The number of amides is 1. The molecule has 2 aliphatic rings. The quantitative estimate of drug-likeness (QED) is 0.818. The highest BCUT2D eigenvalue weighted by molar-refractivity contribution is 5.84. The normalized spacial score (nSPS) is 33.8. The van der Waals surface area contributed by atoms with Gasteiger partial charge in [0.25, 0.3) is 0 Å². The number of likely N-dealkylation sites (tertiary alicyclic amines) is 1. The lowest BCUT2D eigenvalue weighted by Crippen LogP contribution is -2.60. The molecule has 21 heavy (non-hydrogen) atoms. The van der Waals surface area contributed by atoms with Gasteiger partial charge in [0, 0.05) is 6.04 Å². The number of nitrogens with one attached hydrogen (secondary N) is 1. The van der Waals surface area contributed by atoms with Gasteiger partial charge < -0.3 is 16.0 Å². The van der Waals surface area contributed by atoms with Crippen LogP contribution in [0.4, 0.5) is 0 Å². The van der Waals surface area contributed by atoms with Gasteiger partial charge in [-0.05, 0) is 64.1 Å². The van der Waals surface area contributed by atoms with Gasteiger partial charge in [-0.2, -0.15) is 0 Å². The lowest BCUT2D eigenvalue weighted by Gasteiger charge is -2.48. The highest BCUT2D eigenvalue weighted by atomic mass is 16.1. The maximum atomic E-state index is 11.9. The minimum Gasteiger partial charge on any atom is -0.368 e. The number of piperidine rings is 1. The molecule has 122 valence electrons. The van der Waals surface area contributed by atoms with E-state index < -0.39 is 5.54 Å². The number of nitrogens with two attached hydrogens (primary N) is 1. The molecule has 1 heterocycles. The predicted molar refractivity (Wildman–Crippen MR) is 87.1 cm³/mol. The highest BCUT2D eigenvalue weighted by Crippen LogP contribution is 2.40. The van der Waals surface area contributed by atoms with Crippen LogP contribution in [0.5, 0.6) is 0 Å². The van der Waals surface area contributed by atoms with E-state index in [1.807, 2.05) is 7.05 Å². The number of carbonyl (C=O) groups excluding carboxylic acids is 1. The van der Waals surface area contributed by atoms with Crippen LogP contribution >= 0.6 is 0 Å². The SMILES string of the molecule is CCC1(CC)CCN(C2CCCC(NC)(C(N)=O)C2)CC1. The number of primary amides is 1. The van der Waals surface area contributed by atoms with Crippen LogP contribution in [0.25, 0.3) is 0 Å². The Hall–Kier alpha value is -0.610. The Labute approximate surface area is 129 Å². The number of nitrogens with zero attached hydrogens (tertiary/aromatic N) is 1. The molecule has 1 saturated heterocycles. The second-order valence-electron chi connectivity index (χ2n) is 7.19. The van der Waals surface area contributed by atoms with E-state index in [0.717, 1.165) is 19.3 Å². The van der Waals surface area contributed by atoms with E-state index in [-0.39, 0.29) is 5.91 Å². The molecule has 0 spiro atoms. The number of hydrogen-bond acceptors (Lipinski definition) is 3. The third-order valence-electron chi connectivity index (χ3n) is 6.55. The molecule has 2 fully saturated rings. The van der Waals surface area contributed by atoms with Crippen LogP contribution in [0, 0.1) is 5.41 Å². The van der Waals surface area contributed by atoms with Gasteiger partial charge in [-0.3, -0.25) is 4.79 Å². The molecule has 0 aromatic carbocycles. The standard InChI is InChI=1S/C17H33N3O/c1-4-16(5-2)9-11-20(12-10-16)14-7-6-8-17(13-14,19-3)15(18)21/h14,19H,4-13H2,1-3H3,(H2,18,21). The summed E-state index contributed by atoms with van der Waals surface area (Å²) in [5.74, 6) is -0.178. The van der Waals surface area contributed by atoms with Crippen LogP contribution < -0.4 is 11.1 Å². The molecule has 4 heteroatoms. The second kappa shape index (κ2) is 6.66. The molecule has 1 aliphatic carbocycles. The van der Waals surface area contributed by atoms with Gasteiger partial charge in [0.05, 0.1) is 5.54 Å². The van der Waals surface area contributed by atoms with E-state index in [2.05, 4.69) is 24.1 Å². The first-order chi connectivity index (χ1) is 10.0. The summed E-state index contributed by atoms with van der Waals surface area (Å²) in [5, 5.41) is 3.22. The first-order valence-electron chi connectivity index (χ1n) is 8.74. The Kier molecular flexibility index (Phi) is 5.31. The lowest BCUT2D eigenvalue weighted by atomic mass is 9.72. The molecule has 2 atom stereocenters. The molecule has 0 radical (unpaired) electrons. The molecule has 0 aromatic rings. The van der Waals surface area contributed by atoms with Gasteiger partial charge in [0.15, 0.2) is 0 Å². The number of rotatable bonds is 5. The van der Waals surface area contributed by atoms with Gasteiger partial charge in [0.2, 0.25) is 5.91 Å². The molecule has 4 nitrogen and oxygen atoms in total. The van der Waals surface area contributed by atoms with Crippen molar-refractivity contribution in [1.82, 2.24) is 10.2 Å². The smallest absolute Gasteiger partial charge is 0.237 e. The zero-order chi connectivity index (χ0) is 15.5. The Bertz CT molecular complexity index is 357. The fourth-order valence-electron chi connectivity index (χ4n) is 4.45. The largest absolute Gasteiger partial charge is 0.368 e. The van der Waals surface area contributed by atoms with E-state index in [4.69, 9.17) is 5.73 Å². The van der Waals surface area contributed by atoms with Gasteiger partial charge >= 0.3 is 0 Å². The van der Waals surface area contributed by atoms with E-state index in [0.29, 0.717) is 11.5 Å². The van der Waals surface area contributed by atoms with Crippen LogP contribution in [0.2, 0.25) is 0 Å². The first kappa shape index (κ1) is 16.8. The van der Waals surface area contributed by atoms with Crippen molar-refractivity contribution in [2.45, 2.75) is 76.8 Å². The summed E-state index contributed by atoms with van der Waals surface area (Å²) >= 11 is 0. The summed E-state index contributed by atoms with van der Waals surface area (Å²) in [6.07, 6.45) is 9.27. The fourth-order valence-corrected chi connectivity index (χ4v) is 4.45. The van der Waals surface area contributed by atoms with E-state index in [9.17, 15) is 4.79 Å². The van der Waals surface area contributed by atoms with Crippen molar-refractivity contribution in [3.05, 3.63) is 0 Å². The Balaban J connectivity index is 1.99. The third kappa shape index (κ3) is 3.26. The van der Waals surface area contributed by atoms with Gasteiger partial charge in [-0.25, -0.2) is 0 Å². The third-order valence-corrected chi connectivity index (χ3v) is 6.55. The summed E-state index contributed by atoms with van der Waals surface area (Å²) in [6, 6.07) is 0.519. The summed E-state index contributed by atoms with van der Waals surface area (Å²) in [6.45, 7) is 7.04. The first-order valence-corrected chi connectivity index (χ1v) is 8.74. The Morgan fingerprint density at radius 2 is 1.86 bits per heavy atom. The zero-order valence-corrected chi connectivity index (χ0v) is 14.1. The number of carbonyl (C=O) groups is 1. The summed E-state index contributed by atoms with van der Waals surface area (Å²) < 4.78 is 0. The summed E-state index contributed by atoms with van der Waals surface area (Å²) in [4.78, 5) is 14.5. The molecular formula is C17H33N3O. The van der Waals surface area contributed by atoms with Gasteiger partial charge in [0.1, 0.15) is 0 Å². The molecule has 1 aliphatic heterocycles. The highest BCUT2D eigenvalue weighted by Gasteiger charge is 2.43. The molecule has 3 N–H and O–H groups in total. The predicted octanol–water partition coefficient (Wildman–Crippen LogP) is 2.27. The molecular weight excluding hydrogens is 262 g/mol. The lowest BCUT2D eigenvalue weighted by molar-refractivity contribution is -0.126. The van der Waals surface area contributed by atoms with Crippen molar-refractivity contribution in [2.24, 2.45) is 11.1 Å². The molecule has 1 amide bonds. The van der Waals surface area contributed by atoms with E-state index in [1.54, 1.807) is 0 Å². The van der Waals surface area contributed by atoms with Gasteiger partial charge in [-0.1, -0.05) is 26.7 Å². The van der Waals surface area contributed by atoms with Crippen LogP contribution in [-0.4, -0.2) is 42.5 Å². The van der Waals surface area contributed by atoms with Crippen molar-refractivity contribution in [2.75, 3.05) is 20.1 Å². The fraction of sp³-hybridized carbons (Fsp3) is 0.941. The molecule has 0 bridgehead atoms. The number of likely N-dealkylation sites (N-methyl/N-ethyl adjacent to an activating group) is 1. The van der Waals surface area contributed by atoms with Crippen molar-refractivity contribution in [3.63, 3.8) is 0 Å². The zero-order valence-electron chi connectivity index (χ0n) is 14.1. The summed E-state index contributed by atoms with van der Waals surface area (Å²) in [5.41, 5.74) is 5.76. The number of hydrogen-bond donors (Lipinski definition) is 2. The minimum atomic E-state index is -0.479. The topological polar surface area (TPSA) is 58.4 Å². The van der Waals surface area contributed by atoms with Crippen LogP contribution in [0.3, 0.4) is 0 Å². The Morgan fingerprint density at radius 3 is 2.33 bits per heavy atom. The van der Waals surface area contributed by atoms with E-state index in [1.165, 1.54) is 45.2 Å². The van der Waals surface area contributed by atoms with Crippen molar-refractivity contribution in [1.29, 1.82) is 0 Å². The maximum Gasteiger partial charge on any atom is 0.237 e. The summed E-state index contributed by atoms with van der Waals surface area (Å²) in [7, 11) is 1.88. The molecule has 2 rings (SSSR count). The monoisotopic (exact) mass is 295 g/mol. The van der Waals surface area contributed by atoms with Crippen molar-refractivity contribution >= 4 is 5.91 Å². The van der Waals surface area contributed by atoms with Crippen LogP contribution in [0.15, 0.2) is 0 Å². The van der Waals surface area contributed by atoms with Crippen LogP contribution in [0.1, 0.15) is 65.2 Å². The maximum absolute atomic E-state index is 11.9. The van der Waals surface area contributed by atoms with Crippen molar-refractivity contribution in [3.8, 4) is 0 Å². The minimum absolute atomic E-state index is 0.178. The van der Waals surface area contributed by atoms with E-state index >= 15 is 0 Å². The Morgan fingerprint density at radius 1 is 1.24 bits per heavy atom. The molecule has 2 unspecified atom stereocenters. The van der Waals surface area contributed by atoms with Crippen molar-refractivity contribution < 1.29 is 4.79 Å². The molecule has 1 saturated carbocycles. The second-order valence-corrected chi connectivity index (χ2v) is 7.19. The molecule has 0 aromatic heterocycles. The average molecular weight is 295 g/mol. The van der Waals surface area contributed by atoms with Crippen LogP contribution in [-0.2, 0) is 4.79 Å². The average Bonchev–Trinajstić information content (AvgIpc) is 2.54.